The molecule has 0 atom stereocenters. The van der Waals surface area contributed by atoms with Gasteiger partial charge in [0.15, 0.2) is 0 Å². The Balaban J connectivity index is 2.09. The second kappa shape index (κ2) is 3.19. The van der Waals surface area contributed by atoms with Crippen LogP contribution in [-0.4, -0.2) is 28.4 Å². The lowest BCUT2D eigenvalue weighted by atomic mass is 10.1. The Kier molecular flexibility index (Phi) is 2.26. The van der Waals surface area contributed by atoms with Crippen molar-refractivity contribution in [2.75, 3.05) is 6.54 Å². The summed E-state index contributed by atoms with van der Waals surface area (Å²) in [5, 5.41) is 0. The van der Waals surface area contributed by atoms with Gasteiger partial charge in [-0.2, -0.15) is 0 Å². The van der Waals surface area contributed by atoms with Gasteiger partial charge in [0.05, 0.1) is 10.4 Å². The highest BCUT2D eigenvalue weighted by atomic mass is 32.1. The summed E-state index contributed by atoms with van der Waals surface area (Å²) in [6.45, 7) is 2.81. The number of amides is 1. The number of carbonyl (C=O) groups is 1. The molecule has 0 saturated heterocycles. The van der Waals surface area contributed by atoms with E-state index in [0.29, 0.717) is 11.0 Å². The Morgan fingerprint density at radius 2 is 2.14 bits per heavy atom. The van der Waals surface area contributed by atoms with E-state index >= 15 is 0 Å². The highest BCUT2D eigenvalue weighted by molar-refractivity contribution is 7.80. The van der Waals surface area contributed by atoms with Gasteiger partial charge in [-0.25, -0.2) is 0 Å². The third-order valence-electron chi connectivity index (χ3n) is 3.22. The SMILES string of the molecule is CCN(C(=O)C1(C(N)=S)CC1)C1CC1. The first-order valence-electron chi connectivity index (χ1n) is 5.23. The van der Waals surface area contributed by atoms with Crippen LogP contribution in [0.4, 0.5) is 0 Å². The van der Waals surface area contributed by atoms with Crippen LogP contribution in [0.15, 0.2) is 0 Å². The van der Waals surface area contributed by atoms with Crippen LogP contribution in [0.5, 0.6) is 0 Å². The molecule has 0 spiro atoms. The minimum absolute atomic E-state index is 0.176. The van der Waals surface area contributed by atoms with Crippen molar-refractivity contribution in [3.05, 3.63) is 0 Å². The maximum Gasteiger partial charge on any atom is 0.235 e. The molecule has 0 aromatic rings. The Hall–Kier alpha value is -0.640. The van der Waals surface area contributed by atoms with Crippen molar-refractivity contribution in [1.29, 1.82) is 0 Å². The monoisotopic (exact) mass is 212 g/mol. The van der Waals surface area contributed by atoms with E-state index in [4.69, 9.17) is 18.0 Å². The lowest BCUT2D eigenvalue weighted by molar-refractivity contribution is -0.134. The Morgan fingerprint density at radius 1 is 1.57 bits per heavy atom. The van der Waals surface area contributed by atoms with Gasteiger partial charge in [-0.15, -0.1) is 0 Å². The Bertz CT molecular complexity index is 282. The Morgan fingerprint density at radius 3 is 2.43 bits per heavy atom. The van der Waals surface area contributed by atoms with E-state index in [9.17, 15) is 4.79 Å². The van der Waals surface area contributed by atoms with Crippen molar-refractivity contribution in [2.24, 2.45) is 11.1 Å². The maximum absolute atomic E-state index is 12.1. The summed E-state index contributed by atoms with van der Waals surface area (Å²) in [6, 6.07) is 0.472. The van der Waals surface area contributed by atoms with Gasteiger partial charge >= 0.3 is 0 Å². The molecule has 2 aliphatic rings. The van der Waals surface area contributed by atoms with E-state index in [1.54, 1.807) is 0 Å². The molecular formula is C10H16N2OS. The number of hydrogen-bond donors (Lipinski definition) is 1. The van der Waals surface area contributed by atoms with E-state index in [1.807, 2.05) is 11.8 Å². The van der Waals surface area contributed by atoms with Gasteiger partial charge in [-0.05, 0) is 32.6 Å². The van der Waals surface area contributed by atoms with E-state index < -0.39 is 5.41 Å². The van der Waals surface area contributed by atoms with Gasteiger partial charge in [0.2, 0.25) is 5.91 Å². The second-order valence-corrected chi connectivity index (χ2v) is 4.71. The first kappa shape index (κ1) is 9.90. The first-order valence-corrected chi connectivity index (χ1v) is 5.63. The van der Waals surface area contributed by atoms with Crippen molar-refractivity contribution >= 4 is 23.1 Å². The fourth-order valence-electron chi connectivity index (χ4n) is 1.92. The van der Waals surface area contributed by atoms with Crippen LogP contribution < -0.4 is 5.73 Å². The van der Waals surface area contributed by atoms with Gasteiger partial charge < -0.3 is 10.6 Å². The zero-order valence-corrected chi connectivity index (χ0v) is 9.27. The van der Waals surface area contributed by atoms with Crippen LogP contribution in [0, 0.1) is 5.41 Å². The topological polar surface area (TPSA) is 46.3 Å². The minimum Gasteiger partial charge on any atom is -0.392 e. The molecule has 2 saturated carbocycles. The number of nitrogens with zero attached hydrogens (tertiary/aromatic N) is 1. The molecule has 78 valence electrons. The van der Waals surface area contributed by atoms with Crippen molar-refractivity contribution in [3.8, 4) is 0 Å². The van der Waals surface area contributed by atoms with Gasteiger partial charge in [-0.3, -0.25) is 4.79 Å². The smallest absolute Gasteiger partial charge is 0.235 e. The molecule has 0 bridgehead atoms. The molecule has 2 N–H and O–H groups in total. The molecule has 0 aromatic carbocycles. The van der Waals surface area contributed by atoms with Crippen molar-refractivity contribution < 1.29 is 4.79 Å². The van der Waals surface area contributed by atoms with Crippen LogP contribution in [0.3, 0.4) is 0 Å². The second-order valence-electron chi connectivity index (χ2n) is 4.27. The van der Waals surface area contributed by atoms with Crippen molar-refractivity contribution in [3.63, 3.8) is 0 Å². The predicted octanol–water partition coefficient (Wildman–Crippen LogP) is 1.06. The van der Waals surface area contributed by atoms with Crippen LogP contribution >= 0.6 is 12.2 Å². The molecule has 0 aromatic heterocycles. The summed E-state index contributed by atoms with van der Waals surface area (Å²) >= 11 is 4.97. The van der Waals surface area contributed by atoms with E-state index in [-0.39, 0.29) is 5.91 Å². The summed E-state index contributed by atoms with van der Waals surface area (Å²) in [5.41, 5.74) is 5.18. The van der Waals surface area contributed by atoms with Gasteiger partial charge in [0.25, 0.3) is 0 Å². The van der Waals surface area contributed by atoms with Gasteiger partial charge in [-0.1, -0.05) is 12.2 Å². The normalized spacial score (nSPS) is 22.9. The summed E-state index contributed by atoms with van der Waals surface area (Å²) in [6.07, 6.45) is 3.99. The van der Waals surface area contributed by atoms with Crippen molar-refractivity contribution in [2.45, 2.75) is 38.6 Å². The van der Waals surface area contributed by atoms with Gasteiger partial charge in [0, 0.05) is 12.6 Å². The zero-order chi connectivity index (χ0) is 10.3. The van der Waals surface area contributed by atoms with E-state index in [0.717, 1.165) is 32.2 Å². The molecule has 0 heterocycles. The summed E-state index contributed by atoms with van der Waals surface area (Å²) < 4.78 is 0. The molecule has 0 radical (unpaired) electrons. The average molecular weight is 212 g/mol. The molecule has 2 fully saturated rings. The van der Waals surface area contributed by atoms with Crippen LogP contribution in [0.1, 0.15) is 32.6 Å². The molecule has 0 unspecified atom stereocenters. The van der Waals surface area contributed by atoms with Crippen LogP contribution in [0.2, 0.25) is 0 Å². The average Bonchev–Trinajstić information content (AvgIpc) is 3.01. The Labute approximate surface area is 89.6 Å². The van der Waals surface area contributed by atoms with Crippen molar-refractivity contribution in [1.82, 2.24) is 4.90 Å². The molecule has 1 amide bonds. The van der Waals surface area contributed by atoms with Gasteiger partial charge in [0.1, 0.15) is 0 Å². The highest BCUT2D eigenvalue weighted by Crippen LogP contribution is 2.48. The quantitative estimate of drug-likeness (QED) is 0.709. The lowest BCUT2D eigenvalue weighted by Crippen LogP contribution is -2.43. The fourth-order valence-corrected chi connectivity index (χ4v) is 2.21. The number of nitrogens with two attached hydrogens (primary N) is 1. The maximum atomic E-state index is 12.1. The molecule has 0 aliphatic heterocycles. The zero-order valence-electron chi connectivity index (χ0n) is 8.45. The standard InChI is InChI=1S/C10H16N2OS/c1-2-12(7-3-4-7)9(13)10(5-6-10)8(11)14/h7H,2-6H2,1H3,(H2,11,14). The number of carbonyl (C=O) groups excluding carboxylic acids is 1. The van der Waals surface area contributed by atoms with E-state index in [1.165, 1.54) is 0 Å². The van der Waals surface area contributed by atoms with Crippen LogP contribution in [-0.2, 0) is 4.79 Å². The minimum atomic E-state index is -0.450. The molecule has 2 aliphatic carbocycles. The highest BCUT2D eigenvalue weighted by Gasteiger charge is 2.55. The molecule has 2 rings (SSSR count). The van der Waals surface area contributed by atoms with Crippen LogP contribution in [0.25, 0.3) is 0 Å². The summed E-state index contributed by atoms with van der Waals surface area (Å²) in [4.78, 5) is 14.5. The number of thiocarbonyl (C=S) groups is 1. The molecule has 3 nitrogen and oxygen atoms in total. The lowest BCUT2D eigenvalue weighted by Gasteiger charge is -2.25. The molecule has 4 heteroatoms. The molecule has 14 heavy (non-hydrogen) atoms. The summed E-state index contributed by atoms with van der Waals surface area (Å²) in [7, 11) is 0. The summed E-state index contributed by atoms with van der Waals surface area (Å²) in [5.74, 6) is 0.176. The third-order valence-corrected chi connectivity index (χ3v) is 3.61. The fraction of sp³-hybridized carbons (Fsp3) is 0.800. The van der Waals surface area contributed by atoms with E-state index in [2.05, 4.69) is 0 Å². The number of hydrogen-bond acceptors (Lipinski definition) is 2. The molecular weight excluding hydrogens is 196 g/mol. The number of rotatable bonds is 4. The third kappa shape index (κ3) is 1.41. The largest absolute Gasteiger partial charge is 0.392 e. The predicted molar refractivity (Wildman–Crippen MR) is 58.9 cm³/mol. The first-order chi connectivity index (χ1) is 6.62.